The van der Waals surface area contributed by atoms with E-state index in [2.05, 4.69) is 9.72 Å². The zero-order chi connectivity index (χ0) is 15.0. The lowest BCUT2D eigenvalue weighted by molar-refractivity contribution is -0.154. The van der Waals surface area contributed by atoms with Gasteiger partial charge in [-0.1, -0.05) is 0 Å². The van der Waals surface area contributed by atoms with Gasteiger partial charge in [-0.25, -0.2) is 9.78 Å². The van der Waals surface area contributed by atoms with Crippen molar-refractivity contribution >= 4 is 5.97 Å². The molecule has 0 aliphatic carbocycles. The van der Waals surface area contributed by atoms with Gasteiger partial charge >= 0.3 is 12.1 Å². The topological polar surface area (TPSA) is 57.7 Å². The van der Waals surface area contributed by atoms with Crippen LogP contribution in [0, 0.1) is 0 Å². The third kappa shape index (κ3) is 6.37. The molecule has 0 aromatic carbocycles. The SMILES string of the molecule is CCOCCOC(=O)c1ccc(OCC(F)(F)F)nc1. The Bertz CT molecular complexity index is 420. The second kappa shape index (κ2) is 7.68. The zero-order valence-electron chi connectivity index (χ0n) is 10.8. The van der Waals surface area contributed by atoms with Crippen LogP contribution < -0.4 is 4.74 Å². The van der Waals surface area contributed by atoms with Crippen molar-refractivity contribution < 1.29 is 32.2 Å². The predicted octanol–water partition coefficient (Wildman–Crippen LogP) is 2.22. The summed E-state index contributed by atoms with van der Waals surface area (Å²) in [5, 5.41) is 0. The van der Waals surface area contributed by atoms with Crippen molar-refractivity contribution in [2.24, 2.45) is 0 Å². The average Bonchev–Trinajstić information content (AvgIpc) is 2.41. The van der Waals surface area contributed by atoms with Crippen molar-refractivity contribution in [3.8, 4) is 5.88 Å². The van der Waals surface area contributed by atoms with E-state index in [-0.39, 0.29) is 24.7 Å². The summed E-state index contributed by atoms with van der Waals surface area (Å²) < 4.78 is 50.0. The Morgan fingerprint density at radius 2 is 2.05 bits per heavy atom. The van der Waals surface area contributed by atoms with Crippen molar-refractivity contribution in [1.82, 2.24) is 4.98 Å². The van der Waals surface area contributed by atoms with Crippen molar-refractivity contribution in [3.63, 3.8) is 0 Å². The normalized spacial score (nSPS) is 11.2. The van der Waals surface area contributed by atoms with E-state index in [0.29, 0.717) is 6.61 Å². The minimum Gasteiger partial charge on any atom is -0.468 e. The lowest BCUT2D eigenvalue weighted by Gasteiger charge is -2.08. The summed E-state index contributed by atoms with van der Waals surface area (Å²) in [6.45, 7) is 1.27. The smallest absolute Gasteiger partial charge is 0.422 e. The molecule has 1 rings (SSSR count). The van der Waals surface area contributed by atoms with Crippen LogP contribution in [-0.2, 0) is 9.47 Å². The van der Waals surface area contributed by atoms with Gasteiger partial charge in [0.1, 0.15) is 6.61 Å². The first kappa shape index (κ1) is 16.2. The monoisotopic (exact) mass is 293 g/mol. The number of halogens is 3. The molecule has 0 atom stereocenters. The summed E-state index contributed by atoms with van der Waals surface area (Å²) in [6.07, 6.45) is -3.34. The number of aromatic nitrogens is 1. The lowest BCUT2D eigenvalue weighted by Crippen LogP contribution is -2.19. The first-order valence-electron chi connectivity index (χ1n) is 5.83. The molecule has 0 aliphatic heterocycles. The summed E-state index contributed by atoms with van der Waals surface area (Å²) in [5.41, 5.74) is 0.126. The molecule has 0 amide bonds. The Labute approximate surface area is 113 Å². The molecule has 0 aliphatic rings. The number of nitrogens with zero attached hydrogens (tertiary/aromatic N) is 1. The number of ether oxygens (including phenoxy) is 3. The second-order valence-corrected chi connectivity index (χ2v) is 3.62. The van der Waals surface area contributed by atoms with Gasteiger partial charge in [-0.2, -0.15) is 13.2 Å². The van der Waals surface area contributed by atoms with E-state index in [9.17, 15) is 18.0 Å². The fourth-order valence-corrected chi connectivity index (χ4v) is 1.16. The van der Waals surface area contributed by atoms with Gasteiger partial charge < -0.3 is 14.2 Å². The first-order valence-corrected chi connectivity index (χ1v) is 5.83. The maximum absolute atomic E-state index is 11.9. The van der Waals surface area contributed by atoms with Crippen LogP contribution in [0.2, 0.25) is 0 Å². The summed E-state index contributed by atoms with van der Waals surface area (Å²) in [6, 6.07) is 2.45. The summed E-state index contributed by atoms with van der Waals surface area (Å²) >= 11 is 0. The Balaban J connectivity index is 2.43. The average molecular weight is 293 g/mol. The van der Waals surface area contributed by atoms with E-state index in [0.717, 1.165) is 6.20 Å². The molecule has 0 fully saturated rings. The third-order valence-electron chi connectivity index (χ3n) is 2.02. The number of hydrogen-bond donors (Lipinski definition) is 0. The van der Waals surface area contributed by atoms with Gasteiger partial charge in [0.2, 0.25) is 5.88 Å². The van der Waals surface area contributed by atoms with Crippen LogP contribution in [0.4, 0.5) is 13.2 Å². The predicted molar refractivity (Wildman–Crippen MR) is 62.6 cm³/mol. The van der Waals surface area contributed by atoms with Gasteiger partial charge in [-0.05, 0) is 13.0 Å². The van der Waals surface area contributed by atoms with Crippen molar-refractivity contribution in [3.05, 3.63) is 23.9 Å². The van der Waals surface area contributed by atoms with E-state index in [4.69, 9.17) is 9.47 Å². The van der Waals surface area contributed by atoms with Crippen LogP contribution in [0.15, 0.2) is 18.3 Å². The maximum Gasteiger partial charge on any atom is 0.422 e. The van der Waals surface area contributed by atoms with Gasteiger partial charge in [0.15, 0.2) is 6.61 Å². The largest absolute Gasteiger partial charge is 0.468 e. The van der Waals surface area contributed by atoms with Gasteiger partial charge in [0.25, 0.3) is 0 Å². The fraction of sp³-hybridized carbons (Fsp3) is 0.500. The number of esters is 1. The van der Waals surface area contributed by atoms with E-state index < -0.39 is 18.8 Å². The van der Waals surface area contributed by atoms with Crippen LogP contribution in [0.25, 0.3) is 0 Å². The van der Waals surface area contributed by atoms with Gasteiger partial charge in [0.05, 0.1) is 12.2 Å². The molecule has 0 bridgehead atoms. The van der Waals surface area contributed by atoms with Crippen LogP contribution >= 0.6 is 0 Å². The molecule has 0 saturated carbocycles. The number of carbonyl (C=O) groups excluding carboxylic acids is 1. The molecular formula is C12H14F3NO4. The fourth-order valence-electron chi connectivity index (χ4n) is 1.16. The van der Waals surface area contributed by atoms with Gasteiger partial charge in [-0.15, -0.1) is 0 Å². The summed E-state index contributed by atoms with van der Waals surface area (Å²) in [5.74, 6) is -0.840. The number of hydrogen-bond acceptors (Lipinski definition) is 5. The molecule has 20 heavy (non-hydrogen) atoms. The molecule has 0 radical (unpaired) electrons. The molecule has 8 heteroatoms. The Morgan fingerprint density at radius 1 is 1.30 bits per heavy atom. The van der Waals surface area contributed by atoms with Gasteiger partial charge in [-0.3, -0.25) is 0 Å². The van der Waals surface area contributed by atoms with Crippen LogP contribution in [0.1, 0.15) is 17.3 Å². The molecule has 1 aromatic rings. The van der Waals surface area contributed by atoms with Crippen LogP contribution in [0.3, 0.4) is 0 Å². The number of alkyl halides is 3. The zero-order valence-corrected chi connectivity index (χ0v) is 10.8. The molecule has 112 valence electrons. The third-order valence-corrected chi connectivity index (χ3v) is 2.02. The number of pyridine rings is 1. The lowest BCUT2D eigenvalue weighted by atomic mass is 10.3. The Hall–Kier alpha value is -1.83. The highest BCUT2D eigenvalue weighted by atomic mass is 19.4. The molecular weight excluding hydrogens is 279 g/mol. The highest BCUT2D eigenvalue weighted by Gasteiger charge is 2.28. The highest BCUT2D eigenvalue weighted by Crippen LogP contribution is 2.17. The Morgan fingerprint density at radius 3 is 2.60 bits per heavy atom. The maximum atomic E-state index is 11.9. The van der Waals surface area contributed by atoms with E-state index >= 15 is 0 Å². The number of rotatable bonds is 7. The molecule has 5 nitrogen and oxygen atoms in total. The molecule has 0 unspecified atom stereocenters. The number of carbonyl (C=O) groups is 1. The van der Waals surface area contributed by atoms with E-state index in [1.165, 1.54) is 12.1 Å². The van der Waals surface area contributed by atoms with Crippen molar-refractivity contribution in [2.75, 3.05) is 26.4 Å². The minimum atomic E-state index is -4.43. The second-order valence-electron chi connectivity index (χ2n) is 3.62. The highest BCUT2D eigenvalue weighted by molar-refractivity contribution is 5.89. The van der Waals surface area contributed by atoms with Gasteiger partial charge in [0, 0.05) is 18.9 Å². The molecule has 0 N–H and O–H groups in total. The first-order chi connectivity index (χ1) is 9.42. The van der Waals surface area contributed by atoms with Crippen molar-refractivity contribution in [2.45, 2.75) is 13.1 Å². The Kier molecular flexibility index (Phi) is 6.23. The molecule has 1 aromatic heterocycles. The molecule has 1 heterocycles. The van der Waals surface area contributed by atoms with E-state index in [1.807, 2.05) is 6.92 Å². The van der Waals surface area contributed by atoms with E-state index in [1.54, 1.807) is 0 Å². The summed E-state index contributed by atoms with van der Waals surface area (Å²) in [7, 11) is 0. The quantitative estimate of drug-likeness (QED) is 0.570. The van der Waals surface area contributed by atoms with Crippen LogP contribution in [-0.4, -0.2) is 43.6 Å². The standard InChI is InChI=1S/C12H14F3NO4/c1-2-18-5-6-19-11(17)9-3-4-10(16-7-9)20-8-12(13,14)15/h3-4,7H,2,5-6,8H2,1H3. The molecule has 0 spiro atoms. The molecule has 0 saturated heterocycles. The minimum absolute atomic E-state index is 0.0962. The summed E-state index contributed by atoms with van der Waals surface area (Å²) in [4.78, 5) is 15.1. The van der Waals surface area contributed by atoms with Crippen LogP contribution in [0.5, 0.6) is 5.88 Å². The van der Waals surface area contributed by atoms with Crippen molar-refractivity contribution in [1.29, 1.82) is 0 Å².